The van der Waals surface area contributed by atoms with Gasteiger partial charge in [0.25, 0.3) is 0 Å². The molecule has 1 saturated heterocycles. The highest BCUT2D eigenvalue weighted by Crippen LogP contribution is 2.28. The number of rotatable bonds is 2. The molecule has 0 aliphatic carbocycles. The topological polar surface area (TPSA) is 12.0 Å². The summed E-state index contributed by atoms with van der Waals surface area (Å²) in [5.41, 5.74) is 0. The van der Waals surface area contributed by atoms with Crippen molar-refractivity contribution in [1.82, 2.24) is 5.32 Å². The predicted octanol–water partition coefficient (Wildman–Crippen LogP) is 3.20. The van der Waals surface area contributed by atoms with E-state index in [4.69, 9.17) is 0 Å². The maximum absolute atomic E-state index is 13.0. The third kappa shape index (κ3) is 3.19. The van der Waals surface area contributed by atoms with Crippen LogP contribution in [0.3, 0.4) is 0 Å². The van der Waals surface area contributed by atoms with Crippen molar-refractivity contribution in [3.05, 3.63) is 29.8 Å². The number of benzene rings is 1. The predicted molar refractivity (Wildman–Crippen MR) is 62.7 cm³/mol. The average molecular weight is 243 g/mol. The van der Waals surface area contributed by atoms with Gasteiger partial charge >= 0.3 is 0 Å². The van der Waals surface area contributed by atoms with E-state index in [1.807, 2.05) is 0 Å². The van der Waals surface area contributed by atoms with Crippen molar-refractivity contribution in [1.29, 1.82) is 0 Å². The summed E-state index contributed by atoms with van der Waals surface area (Å²) in [6, 6.07) is 4.13. The van der Waals surface area contributed by atoms with E-state index >= 15 is 0 Å². The molecule has 1 aliphatic rings. The van der Waals surface area contributed by atoms with Crippen molar-refractivity contribution >= 4 is 11.8 Å². The fourth-order valence-electron chi connectivity index (χ4n) is 1.83. The van der Waals surface area contributed by atoms with Gasteiger partial charge in [0, 0.05) is 16.7 Å². The zero-order valence-electron chi connectivity index (χ0n) is 9.01. The van der Waals surface area contributed by atoms with Crippen molar-refractivity contribution in [3.63, 3.8) is 0 Å². The zero-order valence-corrected chi connectivity index (χ0v) is 9.83. The molecule has 1 aromatic carbocycles. The Hall–Kier alpha value is -0.610. The van der Waals surface area contributed by atoms with E-state index in [9.17, 15) is 8.78 Å². The Morgan fingerprint density at radius 3 is 2.88 bits per heavy atom. The Morgan fingerprint density at radius 2 is 2.06 bits per heavy atom. The molecule has 2 rings (SSSR count). The number of nitrogens with one attached hydrogen (secondary N) is 1. The van der Waals surface area contributed by atoms with E-state index in [0.717, 1.165) is 24.4 Å². The molecule has 1 atom stereocenters. The summed E-state index contributed by atoms with van der Waals surface area (Å²) in [6.45, 7) is 2.01. The lowest BCUT2D eigenvalue weighted by Crippen LogP contribution is -2.22. The SMILES string of the molecule is Fc1ccc(SC2CCCCNC2)cc1F. The first kappa shape index (κ1) is 11.9. The lowest BCUT2D eigenvalue weighted by molar-refractivity contribution is 0.506. The molecule has 0 bridgehead atoms. The Balaban J connectivity index is 1.99. The summed E-state index contributed by atoms with van der Waals surface area (Å²) in [6.07, 6.45) is 3.54. The Morgan fingerprint density at radius 1 is 1.19 bits per heavy atom. The fraction of sp³-hybridized carbons (Fsp3) is 0.500. The van der Waals surface area contributed by atoms with Crippen molar-refractivity contribution in [2.45, 2.75) is 29.4 Å². The van der Waals surface area contributed by atoms with Gasteiger partial charge in [0.2, 0.25) is 0 Å². The van der Waals surface area contributed by atoms with Crippen LogP contribution in [0.5, 0.6) is 0 Å². The minimum atomic E-state index is -0.775. The Labute approximate surface area is 98.6 Å². The van der Waals surface area contributed by atoms with Crippen LogP contribution in [0, 0.1) is 11.6 Å². The third-order valence-electron chi connectivity index (χ3n) is 2.70. The molecule has 1 heterocycles. The van der Waals surface area contributed by atoms with Gasteiger partial charge in [0.05, 0.1) is 0 Å². The molecule has 1 aliphatic heterocycles. The molecule has 1 aromatic rings. The van der Waals surface area contributed by atoms with Crippen molar-refractivity contribution in [3.8, 4) is 0 Å². The molecule has 0 saturated carbocycles. The maximum atomic E-state index is 13.0. The monoisotopic (exact) mass is 243 g/mol. The summed E-state index contributed by atoms with van der Waals surface area (Å²) in [7, 11) is 0. The van der Waals surface area contributed by atoms with Crippen LogP contribution in [0.4, 0.5) is 8.78 Å². The molecule has 0 aromatic heterocycles. The summed E-state index contributed by atoms with van der Waals surface area (Å²) in [5, 5.41) is 3.82. The summed E-state index contributed by atoms with van der Waals surface area (Å²) < 4.78 is 25.8. The number of hydrogen-bond acceptors (Lipinski definition) is 2. The molecule has 1 unspecified atom stereocenters. The van der Waals surface area contributed by atoms with E-state index < -0.39 is 11.6 Å². The minimum Gasteiger partial charge on any atom is -0.316 e. The first-order valence-corrected chi connectivity index (χ1v) is 6.46. The van der Waals surface area contributed by atoms with Crippen LogP contribution in [0.1, 0.15) is 19.3 Å². The molecule has 88 valence electrons. The van der Waals surface area contributed by atoms with Gasteiger partial charge < -0.3 is 5.32 Å². The summed E-state index contributed by atoms with van der Waals surface area (Å²) >= 11 is 1.63. The van der Waals surface area contributed by atoms with E-state index in [2.05, 4.69) is 5.32 Å². The minimum absolute atomic E-state index is 0.465. The fourth-order valence-corrected chi connectivity index (χ4v) is 3.02. The second kappa shape index (κ2) is 5.64. The summed E-state index contributed by atoms with van der Waals surface area (Å²) in [4.78, 5) is 0.813. The number of hydrogen-bond donors (Lipinski definition) is 1. The molecule has 16 heavy (non-hydrogen) atoms. The van der Waals surface area contributed by atoms with Gasteiger partial charge in [-0.25, -0.2) is 8.78 Å². The van der Waals surface area contributed by atoms with Crippen molar-refractivity contribution in [2.75, 3.05) is 13.1 Å². The molecule has 1 fully saturated rings. The lowest BCUT2D eigenvalue weighted by Gasteiger charge is -2.13. The quantitative estimate of drug-likeness (QED) is 0.856. The zero-order chi connectivity index (χ0) is 11.4. The summed E-state index contributed by atoms with van der Waals surface area (Å²) in [5.74, 6) is -1.53. The number of thioether (sulfide) groups is 1. The average Bonchev–Trinajstić information content (AvgIpc) is 2.52. The second-order valence-electron chi connectivity index (χ2n) is 4.02. The van der Waals surface area contributed by atoms with Crippen LogP contribution >= 0.6 is 11.8 Å². The molecule has 1 nitrogen and oxygen atoms in total. The van der Waals surface area contributed by atoms with E-state index in [0.29, 0.717) is 5.25 Å². The maximum Gasteiger partial charge on any atom is 0.159 e. The first-order valence-electron chi connectivity index (χ1n) is 5.58. The molecule has 1 N–H and O–H groups in total. The van der Waals surface area contributed by atoms with E-state index in [1.54, 1.807) is 17.8 Å². The van der Waals surface area contributed by atoms with Gasteiger partial charge in [-0.15, -0.1) is 11.8 Å². The molecule has 0 spiro atoms. The highest BCUT2D eigenvalue weighted by atomic mass is 32.2. The van der Waals surface area contributed by atoms with Crippen LogP contribution in [0.2, 0.25) is 0 Å². The Bertz CT molecular complexity index is 349. The first-order chi connectivity index (χ1) is 7.75. The molecule has 0 amide bonds. The Kier molecular flexibility index (Phi) is 4.18. The van der Waals surface area contributed by atoms with Gasteiger partial charge in [-0.1, -0.05) is 6.42 Å². The standard InChI is InChI=1S/C12H15F2NS/c13-11-5-4-9(7-12(11)14)16-10-3-1-2-6-15-8-10/h4-5,7,10,15H,1-3,6,8H2. The van der Waals surface area contributed by atoms with Crippen LogP contribution in [0.15, 0.2) is 23.1 Å². The van der Waals surface area contributed by atoms with E-state index in [1.165, 1.54) is 25.0 Å². The number of halogens is 2. The lowest BCUT2D eigenvalue weighted by atomic mass is 10.2. The molecule has 0 radical (unpaired) electrons. The largest absolute Gasteiger partial charge is 0.316 e. The third-order valence-corrected chi connectivity index (χ3v) is 3.96. The van der Waals surface area contributed by atoms with Crippen LogP contribution in [0.25, 0.3) is 0 Å². The normalized spacial score (nSPS) is 21.8. The molecular weight excluding hydrogens is 228 g/mol. The highest BCUT2D eigenvalue weighted by Gasteiger charge is 2.14. The van der Waals surface area contributed by atoms with Gasteiger partial charge in [0.1, 0.15) is 0 Å². The van der Waals surface area contributed by atoms with Gasteiger partial charge in [-0.05, 0) is 37.6 Å². The molecule has 4 heteroatoms. The van der Waals surface area contributed by atoms with E-state index in [-0.39, 0.29) is 0 Å². The smallest absolute Gasteiger partial charge is 0.159 e. The second-order valence-corrected chi connectivity index (χ2v) is 5.39. The van der Waals surface area contributed by atoms with Crippen LogP contribution in [-0.2, 0) is 0 Å². The van der Waals surface area contributed by atoms with Gasteiger partial charge in [-0.3, -0.25) is 0 Å². The molecular formula is C12H15F2NS. The van der Waals surface area contributed by atoms with Gasteiger partial charge in [-0.2, -0.15) is 0 Å². The van der Waals surface area contributed by atoms with Crippen molar-refractivity contribution < 1.29 is 8.78 Å². The van der Waals surface area contributed by atoms with Crippen molar-refractivity contribution in [2.24, 2.45) is 0 Å². The van der Waals surface area contributed by atoms with Crippen LogP contribution < -0.4 is 5.32 Å². The van der Waals surface area contributed by atoms with Gasteiger partial charge in [0.15, 0.2) is 11.6 Å². The van der Waals surface area contributed by atoms with Crippen LogP contribution in [-0.4, -0.2) is 18.3 Å². The highest BCUT2D eigenvalue weighted by molar-refractivity contribution is 8.00.